The first-order valence-corrected chi connectivity index (χ1v) is 8.77. The highest BCUT2D eigenvalue weighted by atomic mass is 35.5. The summed E-state index contributed by atoms with van der Waals surface area (Å²) in [6.45, 7) is 1.76. The number of rotatable bonds is 2. The monoisotopic (exact) mass is 368 g/mol. The van der Waals surface area contributed by atoms with E-state index in [4.69, 9.17) is 27.6 Å². The molecule has 0 N–H and O–H groups in total. The molecule has 118 valence electrons. The quantitative estimate of drug-likeness (QED) is 0.634. The van der Waals surface area contributed by atoms with Gasteiger partial charge in [0.15, 0.2) is 4.90 Å². The normalized spacial score (nSPS) is 11.8. The Morgan fingerprint density at radius 3 is 2.43 bits per heavy atom. The first-order chi connectivity index (χ1) is 10.8. The standard InChI is InChI=1S/C16H10Cl2O4S/c1-9-2-4-12(8-13(9)18)23(20,21)15-7-10-6-11(17)3-5-14(10)22-16(15)19/h2-8H,1H3. The number of hydrogen-bond donors (Lipinski definition) is 0. The number of sulfone groups is 1. The zero-order valence-electron chi connectivity index (χ0n) is 11.8. The molecule has 0 aliphatic carbocycles. The lowest BCUT2D eigenvalue weighted by Gasteiger charge is -2.06. The van der Waals surface area contributed by atoms with Gasteiger partial charge in [-0.15, -0.1) is 0 Å². The molecular weight excluding hydrogens is 359 g/mol. The summed E-state index contributed by atoms with van der Waals surface area (Å²) in [6, 6.07) is 10.1. The van der Waals surface area contributed by atoms with Gasteiger partial charge in [-0.1, -0.05) is 29.3 Å². The Bertz CT molecular complexity index is 1080. The summed E-state index contributed by atoms with van der Waals surface area (Å²) in [4.78, 5) is 11.6. The Balaban J connectivity index is 2.27. The fraction of sp³-hybridized carbons (Fsp3) is 0.0625. The van der Waals surface area contributed by atoms with Crippen LogP contribution in [0.15, 0.2) is 61.5 Å². The van der Waals surface area contributed by atoms with Gasteiger partial charge in [-0.3, -0.25) is 0 Å². The van der Waals surface area contributed by atoms with Gasteiger partial charge in [-0.2, -0.15) is 0 Å². The van der Waals surface area contributed by atoms with Crippen molar-refractivity contribution in [3.63, 3.8) is 0 Å². The van der Waals surface area contributed by atoms with Gasteiger partial charge in [0.05, 0.1) is 4.90 Å². The molecule has 1 heterocycles. The summed E-state index contributed by atoms with van der Waals surface area (Å²) < 4.78 is 30.5. The first-order valence-electron chi connectivity index (χ1n) is 6.54. The summed E-state index contributed by atoms with van der Waals surface area (Å²) in [7, 11) is -4.05. The Morgan fingerprint density at radius 2 is 1.74 bits per heavy atom. The van der Waals surface area contributed by atoms with Crippen LogP contribution in [-0.2, 0) is 9.84 Å². The second-order valence-electron chi connectivity index (χ2n) is 4.99. The second kappa shape index (κ2) is 5.67. The molecule has 0 amide bonds. The minimum absolute atomic E-state index is 0.0678. The summed E-state index contributed by atoms with van der Waals surface area (Å²) in [5.41, 5.74) is 0.0692. The Kier molecular flexibility index (Phi) is 3.96. The van der Waals surface area contributed by atoms with Crippen LogP contribution >= 0.6 is 23.2 Å². The largest absolute Gasteiger partial charge is 0.422 e. The van der Waals surface area contributed by atoms with Crippen LogP contribution in [0.2, 0.25) is 10.0 Å². The maximum absolute atomic E-state index is 12.7. The van der Waals surface area contributed by atoms with E-state index in [9.17, 15) is 13.2 Å². The van der Waals surface area contributed by atoms with Crippen molar-refractivity contribution >= 4 is 44.0 Å². The van der Waals surface area contributed by atoms with Crippen molar-refractivity contribution in [3.8, 4) is 0 Å². The van der Waals surface area contributed by atoms with Gasteiger partial charge in [0.25, 0.3) is 0 Å². The van der Waals surface area contributed by atoms with E-state index < -0.39 is 20.4 Å². The van der Waals surface area contributed by atoms with Crippen LogP contribution in [0.3, 0.4) is 0 Å². The van der Waals surface area contributed by atoms with Crippen molar-refractivity contribution in [2.45, 2.75) is 16.7 Å². The first kappa shape index (κ1) is 16.1. The van der Waals surface area contributed by atoms with Crippen molar-refractivity contribution in [2.24, 2.45) is 0 Å². The van der Waals surface area contributed by atoms with Gasteiger partial charge in [-0.05, 0) is 48.9 Å². The molecule has 0 aliphatic heterocycles. The second-order valence-corrected chi connectivity index (χ2v) is 7.76. The van der Waals surface area contributed by atoms with E-state index in [1.807, 2.05) is 0 Å². The van der Waals surface area contributed by atoms with Crippen molar-refractivity contribution in [3.05, 3.63) is 68.5 Å². The maximum Gasteiger partial charge on any atom is 0.355 e. The predicted octanol–water partition coefficient (Wildman–Crippen LogP) is 4.24. The molecule has 3 aromatic rings. The topological polar surface area (TPSA) is 64.3 Å². The fourth-order valence-electron chi connectivity index (χ4n) is 2.13. The average Bonchev–Trinajstić information content (AvgIpc) is 2.49. The zero-order valence-corrected chi connectivity index (χ0v) is 14.2. The van der Waals surface area contributed by atoms with Gasteiger partial charge >= 0.3 is 5.63 Å². The zero-order chi connectivity index (χ0) is 16.8. The molecule has 2 aromatic carbocycles. The minimum Gasteiger partial charge on any atom is -0.422 e. The van der Waals surface area contributed by atoms with Crippen molar-refractivity contribution < 1.29 is 12.8 Å². The van der Waals surface area contributed by atoms with Crippen LogP contribution in [0.4, 0.5) is 0 Å². The lowest BCUT2D eigenvalue weighted by molar-refractivity contribution is 0.532. The number of halogens is 2. The molecule has 3 rings (SSSR count). The molecule has 0 bridgehead atoms. The van der Waals surface area contributed by atoms with E-state index in [2.05, 4.69) is 0 Å². The van der Waals surface area contributed by atoms with Crippen LogP contribution in [0.5, 0.6) is 0 Å². The van der Waals surface area contributed by atoms with E-state index in [-0.39, 0.29) is 10.5 Å². The summed E-state index contributed by atoms with van der Waals surface area (Å²) in [5.74, 6) is 0. The molecule has 4 nitrogen and oxygen atoms in total. The average molecular weight is 369 g/mol. The van der Waals surface area contributed by atoms with E-state index in [1.54, 1.807) is 19.1 Å². The Labute approximate surface area is 142 Å². The maximum atomic E-state index is 12.7. The molecule has 1 aromatic heterocycles. The highest BCUT2D eigenvalue weighted by Gasteiger charge is 2.24. The molecule has 0 saturated heterocycles. The summed E-state index contributed by atoms with van der Waals surface area (Å²) in [6.07, 6.45) is 0. The molecule has 0 saturated carbocycles. The predicted molar refractivity (Wildman–Crippen MR) is 89.1 cm³/mol. The molecule has 0 aliphatic rings. The molecule has 0 atom stereocenters. The van der Waals surface area contributed by atoms with Crippen LogP contribution in [0, 0.1) is 6.92 Å². The minimum atomic E-state index is -4.05. The molecule has 0 fully saturated rings. The van der Waals surface area contributed by atoms with Crippen molar-refractivity contribution in [2.75, 3.05) is 0 Å². The van der Waals surface area contributed by atoms with Crippen LogP contribution in [-0.4, -0.2) is 8.42 Å². The third-order valence-corrected chi connectivity index (χ3v) is 5.79. The number of benzene rings is 2. The fourth-order valence-corrected chi connectivity index (χ4v) is 3.87. The van der Waals surface area contributed by atoms with Crippen molar-refractivity contribution in [1.29, 1.82) is 0 Å². The van der Waals surface area contributed by atoms with Gasteiger partial charge in [0.1, 0.15) is 5.58 Å². The number of hydrogen-bond acceptors (Lipinski definition) is 4. The van der Waals surface area contributed by atoms with E-state index in [0.29, 0.717) is 15.4 Å². The lowest BCUT2D eigenvalue weighted by Crippen LogP contribution is -2.14. The molecule has 0 spiro atoms. The van der Waals surface area contributed by atoms with E-state index in [0.717, 1.165) is 5.56 Å². The summed E-state index contributed by atoms with van der Waals surface area (Å²) in [5, 5.41) is 1.14. The third-order valence-electron chi connectivity index (χ3n) is 3.41. The molecular formula is C16H10Cl2O4S. The van der Waals surface area contributed by atoms with Gasteiger partial charge < -0.3 is 4.42 Å². The lowest BCUT2D eigenvalue weighted by atomic mass is 10.2. The molecule has 23 heavy (non-hydrogen) atoms. The Hall–Kier alpha value is -1.82. The Morgan fingerprint density at radius 1 is 1.00 bits per heavy atom. The van der Waals surface area contributed by atoms with E-state index >= 15 is 0 Å². The van der Waals surface area contributed by atoms with Gasteiger partial charge in [0, 0.05) is 15.4 Å². The molecule has 0 unspecified atom stereocenters. The van der Waals surface area contributed by atoms with Crippen molar-refractivity contribution in [1.82, 2.24) is 0 Å². The van der Waals surface area contributed by atoms with Crippen LogP contribution in [0.1, 0.15) is 5.56 Å². The summed E-state index contributed by atoms with van der Waals surface area (Å²) >= 11 is 11.9. The van der Waals surface area contributed by atoms with Gasteiger partial charge in [-0.25, -0.2) is 13.2 Å². The smallest absolute Gasteiger partial charge is 0.355 e. The highest BCUT2D eigenvalue weighted by molar-refractivity contribution is 7.91. The van der Waals surface area contributed by atoms with Crippen LogP contribution < -0.4 is 5.63 Å². The number of fused-ring (bicyclic) bond motifs is 1. The van der Waals surface area contributed by atoms with Gasteiger partial charge in [0.2, 0.25) is 9.84 Å². The SMILES string of the molecule is Cc1ccc(S(=O)(=O)c2cc3cc(Cl)ccc3oc2=O)cc1Cl. The van der Waals surface area contributed by atoms with E-state index in [1.165, 1.54) is 30.3 Å². The molecule has 0 radical (unpaired) electrons. The number of aryl methyl sites for hydroxylation is 1. The third kappa shape index (κ3) is 2.87. The molecule has 7 heteroatoms. The highest BCUT2D eigenvalue weighted by Crippen LogP contribution is 2.26. The van der Waals surface area contributed by atoms with Crippen LogP contribution in [0.25, 0.3) is 11.0 Å².